The summed E-state index contributed by atoms with van der Waals surface area (Å²) < 4.78 is 26.2. The summed E-state index contributed by atoms with van der Waals surface area (Å²) in [4.78, 5) is 0. The van der Waals surface area contributed by atoms with Crippen LogP contribution in [0.1, 0.15) is 24.0 Å². The molecule has 1 unspecified atom stereocenters. The van der Waals surface area contributed by atoms with Gasteiger partial charge in [0.1, 0.15) is 0 Å². The van der Waals surface area contributed by atoms with Gasteiger partial charge in [-0.3, -0.25) is 0 Å². The summed E-state index contributed by atoms with van der Waals surface area (Å²) in [7, 11) is 0. The molecule has 0 saturated heterocycles. The molecule has 0 aromatic heterocycles. The van der Waals surface area contributed by atoms with E-state index in [4.69, 9.17) is 5.73 Å². The van der Waals surface area contributed by atoms with Crippen LogP contribution in [0.4, 0.5) is 8.78 Å². The van der Waals surface area contributed by atoms with Gasteiger partial charge < -0.3 is 5.73 Å². The Hall–Kier alpha value is -0.960. The second kappa shape index (κ2) is 4.05. The molecule has 0 radical (unpaired) electrons. The van der Waals surface area contributed by atoms with Gasteiger partial charge >= 0.3 is 0 Å². The molecule has 1 aromatic carbocycles. The van der Waals surface area contributed by atoms with Crippen molar-refractivity contribution >= 4 is 0 Å². The maximum atomic E-state index is 13.1. The SMILES string of the molecule is Cc1cccc(C(CN)C(C)(F)F)c1. The molecule has 14 heavy (non-hydrogen) atoms. The van der Waals surface area contributed by atoms with Gasteiger partial charge in [0, 0.05) is 13.5 Å². The van der Waals surface area contributed by atoms with Crippen molar-refractivity contribution in [3.05, 3.63) is 35.4 Å². The fraction of sp³-hybridized carbons (Fsp3) is 0.455. The lowest BCUT2D eigenvalue weighted by Crippen LogP contribution is -2.29. The van der Waals surface area contributed by atoms with E-state index >= 15 is 0 Å². The summed E-state index contributed by atoms with van der Waals surface area (Å²) in [5.41, 5.74) is 6.95. The lowest BCUT2D eigenvalue weighted by molar-refractivity contribution is -0.00518. The Morgan fingerprint density at radius 1 is 1.43 bits per heavy atom. The molecule has 0 aliphatic heterocycles. The molecule has 0 amide bonds. The molecular formula is C11H15F2N. The molecule has 1 aromatic rings. The molecule has 3 heteroatoms. The smallest absolute Gasteiger partial charge is 0.253 e. The first-order valence-electron chi connectivity index (χ1n) is 4.59. The van der Waals surface area contributed by atoms with Crippen molar-refractivity contribution in [2.75, 3.05) is 6.54 Å². The van der Waals surface area contributed by atoms with Gasteiger partial charge in [0.2, 0.25) is 0 Å². The largest absolute Gasteiger partial charge is 0.330 e. The van der Waals surface area contributed by atoms with E-state index in [1.54, 1.807) is 18.2 Å². The van der Waals surface area contributed by atoms with Crippen LogP contribution in [-0.4, -0.2) is 12.5 Å². The second-order valence-corrected chi connectivity index (χ2v) is 3.66. The van der Waals surface area contributed by atoms with Crippen molar-refractivity contribution in [2.45, 2.75) is 25.7 Å². The van der Waals surface area contributed by atoms with Crippen LogP contribution in [0, 0.1) is 6.92 Å². The Labute approximate surface area is 82.9 Å². The molecular weight excluding hydrogens is 184 g/mol. The minimum Gasteiger partial charge on any atom is -0.330 e. The summed E-state index contributed by atoms with van der Waals surface area (Å²) in [6, 6.07) is 7.11. The number of nitrogens with two attached hydrogens (primary N) is 1. The fourth-order valence-electron chi connectivity index (χ4n) is 1.52. The van der Waals surface area contributed by atoms with Gasteiger partial charge in [-0.1, -0.05) is 29.8 Å². The molecule has 0 saturated carbocycles. The van der Waals surface area contributed by atoms with E-state index in [-0.39, 0.29) is 6.54 Å². The monoisotopic (exact) mass is 199 g/mol. The molecule has 0 bridgehead atoms. The Morgan fingerprint density at radius 3 is 2.50 bits per heavy atom. The van der Waals surface area contributed by atoms with Gasteiger partial charge in [0.05, 0.1) is 5.92 Å². The van der Waals surface area contributed by atoms with E-state index in [2.05, 4.69) is 0 Å². The van der Waals surface area contributed by atoms with Gasteiger partial charge in [0.15, 0.2) is 0 Å². The third-order valence-electron chi connectivity index (χ3n) is 2.29. The van der Waals surface area contributed by atoms with Gasteiger partial charge in [-0.15, -0.1) is 0 Å². The van der Waals surface area contributed by atoms with Crippen molar-refractivity contribution < 1.29 is 8.78 Å². The molecule has 1 nitrogen and oxygen atoms in total. The van der Waals surface area contributed by atoms with Gasteiger partial charge in [-0.2, -0.15) is 0 Å². The van der Waals surface area contributed by atoms with E-state index in [9.17, 15) is 8.78 Å². The number of halogens is 2. The first kappa shape index (κ1) is 11.1. The maximum Gasteiger partial charge on any atom is 0.253 e. The van der Waals surface area contributed by atoms with Crippen molar-refractivity contribution in [2.24, 2.45) is 5.73 Å². The topological polar surface area (TPSA) is 26.0 Å². The number of hydrogen-bond acceptors (Lipinski definition) is 1. The van der Waals surface area contributed by atoms with Gasteiger partial charge in [-0.05, 0) is 12.5 Å². The first-order valence-corrected chi connectivity index (χ1v) is 4.59. The maximum absolute atomic E-state index is 13.1. The average molecular weight is 199 g/mol. The predicted octanol–water partition coefficient (Wildman–Crippen LogP) is 2.69. The molecule has 1 rings (SSSR count). The number of hydrogen-bond donors (Lipinski definition) is 1. The average Bonchev–Trinajstić information content (AvgIpc) is 2.02. The standard InChI is InChI=1S/C11H15F2N/c1-8-4-3-5-9(6-8)10(7-14)11(2,12)13/h3-6,10H,7,14H2,1-2H3. The van der Waals surface area contributed by atoms with Crippen LogP contribution in [-0.2, 0) is 0 Å². The van der Waals surface area contributed by atoms with E-state index in [0.717, 1.165) is 12.5 Å². The summed E-state index contributed by atoms with van der Waals surface area (Å²) in [6.45, 7) is 2.75. The number of benzene rings is 1. The zero-order valence-electron chi connectivity index (χ0n) is 8.43. The normalized spacial score (nSPS) is 14.1. The molecule has 0 aliphatic rings. The Balaban J connectivity index is 3.01. The molecule has 1 atom stereocenters. The van der Waals surface area contributed by atoms with Crippen molar-refractivity contribution in [1.29, 1.82) is 0 Å². The molecule has 2 N–H and O–H groups in total. The van der Waals surface area contributed by atoms with Gasteiger partial charge in [-0.25, -0.2) is 8.78 Å². The van der Waals surface area contributed by atoms with Crippen LogP contribution in [0.3, 0.4) is 0 Å². The Kier molecular flexibility index (Phi) is 3.21. The highest BCUT2D eigenvalue weighted by Gasteiger charge is 2.33. The molecule has 0 aliphatic carbocycles. The Bertz CT molecular complexity index is 304. The highest BCUT2D eigenvalue weighted by atomic mass is 19.3. The Morgan fingerprint density at radius 2 is 2.07 bits per heavy atom. The second-order valence-electron chi connectivity index (χ2n) is 3.66. The molecule has 0 heterocycles. The van der Waals surface area contributed by atoms with Crippen LogP contribution in [0.2, 0.25) is 0 Å². The van der Waals surface area contributed by atoms with Crippen LogP contribution < -0.4 is 5.73 Å². The number of alkyl halides is 2. The predicted molar refractivity (Wildman–Crippen MR) is 53.6 cm³/mol. The van der Waals surface area contributed by atoms with E-state index < -0.39 is 11.8 Å². The van der Waals surface area contributed by atoms with Gasteiger partial charge in [0.25, 0.3) is 5.92 Å². The summed E-state index contributed by atoms with van der Waals surface area (Å²) in [5.74, 6) is -3.65. The first-order chi connectivity index (χ1) is 6.45. The summed E-state index contributed by atoms with van der Waals surface area (Å²) in [6.07, 6.45) is 0. The highest BCUT2D eigenvalue weighted by molar-refractivity contribution is 5.27. The molecule has 0 fully saturated rings. The molecule has 78 valence electrons. The number of aryl methyl sites for hydroxylation is 1. The number of rotatable bonds is 3. The minimum atomic E-state index is -2.76. The van der Waals surface area contributed by atoms with Crippen LogP contribution in [0.15, 0.2) is 24.3 Å². The van der Waals surface area contributed by atoms with E-state index in [1.165, 1.54) is 0 Å². The van der Waals surface area contributed by atoms with E-state index in [0.29, 0.717) is 5.56 Å². The van der Waals surface area contributed by atoms with Crippen molar-refractivity contribution in [1.82, 2.24) is 0 Å². The van der Waals surface area contributed by atoms with Crippen LogP contribution in [0.5, 0.6) is 0 Å². The molecule has 0 spiro atoms. The van der Waals surface area contributed by atoms with E-state index in [1.807, 2.05) is 13.0 Å². The van der Waals surface area contributed by atoms with Crippen molar-refractivity contribution in [3.63, 3.8) is 0 Å². The zero-order valence-corrected chi connectivity index (χ0v) is 8.43. The fourth-order valence-corrected chi connectivity index (χ4v) is 1.52. The van der Waals surface area contributed by atoms with Crippen LogP contribution in [0.25, 0.3) is 0 Å². The zero-order chi connectivity index (χ0) is 10.8. The van der Waals surface area contributed by atoms with Crippen LogP contribution >= 0.6 is 0 Å². The summed E-state index contributed by atoms with van der Waals surface area (Å²) in [5, 5.41) is 0. The summed E-state index contributed by atoms with van der Waals surface area (Å²) >= 11 is 0. The quantitative estimate of drug-likeness (QED) is 0.795. The highest BCUT2D eigenvalue weighted by Crippen LogP contribution is 2.32. The lowest BCUT2D eigenvalue weighted by Gasteiger charge is -2.22. The lowest BCUT2D eigenvalue weighted by atomic mass is 9.92. The minimum absolute atomic E-state index is 0.0348. The van der Waals surface area contributed by atoms with Crippen molar-refractivity contribution in [3.8, 4) is 0 Å². The third kappa shape index (κ3) is 2.51. The third-order valence-corrected chi connectivity index (χ3v) is 2.29.